The molecule has 2 aliphatic heterocycles. The first-order valence-corrected chi connectivity index (χ1v) is 17.6. The summed E-state index contributed by atoms with van der Waals surface area (Å²) in [5, 5.41) is 11.2. The second-order valence-corrected chi connectivity index (χ2v) is 13.3. The largest absolute Gasteiger partial charge is 0.383 e. The van der Waals surface area contributed by atoms with Gasteiger partial charge in [-0.25, -0.2) is 9.48 Å². The van der Waals surface area contributed by atoms with E-state index in [1.807, 2.05) is 47.1 Å². The van der Waals surface area contributed by atoms with Gasteiger partial charge in [-0.3, -0.25) is 15.1 Å². The van der Waals surface area contributed by atoms with E-state index in [0.29, 0.717) is 12.5 Å². The van der Waals surface area contributed by atoms with Crippen LogP contribution in [0.5, 0.6) is 0 Å². The first-order valence-electron chi connectivity index (χ1n) is 17.6. The molecule has 3 aromatic carbocycles. The predicted octanol–water partition coefficient (Wildman–Crippen LogP) is 5.50. The normalized spacial score (nSPS) is 21.2. The molecule has 4 atom stereocenters. The summed E-state index contributed by atoms with van der Waals surface area (Å²) >= 11 is 0. The van der Waals surface area contributed by atoms with E-state index < -0.39 is 0 Å². The number of aryl methyl sites for hydroxylation is 1. The average molecular weight is 739 g/mol. The Morgan fingerprint density at radius 1 is 0.765 bits per heavy atom. The smallest absolute Gasteiger partial charge is 0.320 e. The van der Waals surface area contributed by atoms with Gasteiger partial charge in [-0.2, -0.15) is 5.10 Å². The van der Waals surface area contributed by atoms with Crippen molar-refractivity contribution in [2.45, 2.75) is 43.2 Å². The van der Waals surface area contributed by atoms with Crippen LogP contribution in [-0.2, 0) is 22.3 Å². The minimum Gasteiger partial charge on any atom is -0.383 e. The molecule has 3 aliphatic rings. The summed E-state index contributed by atoms with van der Waals surface area (Å²) in [5.41, 5.74) is 12.0. The molecule has 51 heavy (non-hydrogen) atoms. The van der Waals surface area contributed by atoms with Gasteiger partial charge in [0.2, 0.25) is 0 Å². The fourth-order valence-electron chi connectivity index (χ4n) is 7.43. The predicted molar refractivity (Wildman–Crippen MR) is 209 cm³/mol. The number of anilines is 1. The molecule has 7 rings (SSSR count). The lowest BCUT2D eigenvalue weighted by Gasteiger charge is -2.21. The van der Waals surface area contributed by atoms with Crippen LogP contribution in [0.2, 0.25) is 0 Å². The minimum absolute atomic E-state index is 0. The van der Waals surface area contributed by atoms with Crippen LogP contribution in [0.15, 0.2) is 91.0 Å². The van der Waals surface area contributed by atoms with Crippen LogP contribution in [0.25, 0.3) is 5.69 Å². The van der Waals surface area contributed by atoms with Crippen molar-refractivity contribution in [3.05, 3.63) is 113 Å². The molecule has 4 aromatic rings. The number of nitrogens with zero attached hydrogens (tertiary/aromatic N) is 4. The van der Waals surface area contributed by atoms with Crippen LogP contribution >= 0.6 is 24.8 Å². The molecule has 0 radical (unpaired) electrons. The Labute approximate surface area is 314 Å². The van der Waals surface area contributed by atoms with Gasteiger partial charge in [-0.1, -0.05) is 78.9 Å². The maximum Gasteiger partial charge on any atom is 0.320 e. The zero-order chi connectivity index (χ0) is 34.0. The van der Waals surface area contributed by atoms with Gasteiger partial charge >= 0.3 is 6.03 Å². The lowest BCUT2D eigenvalue weighted by molar-refractivity contribution is 0.159. The van der Waals surface area contributed by atoms with E-state index in [-0.39, 0.29) is 48.8 Å². The molecule has 0 bridgehead atoms. The topological polar surface area (TPSA) is 110 Å². The summed E-state index contributed by atoms with van der Waals surface area (Å²) in [4.78, 5) is 18.0. The van der Waals surface area contributed by atoms with Crippen LogP contribution in [-0.4, -0.2) is 104 Å². The van der Waals surface area contributed by atoms with Crippen LogP contribution in [0.1, 0.15) is 40.6 Å². The number of urea groups is 1. The van der Waals surface area contributed by atoms with E-state index in [1.54, 1.807) is 14.2 Å². The fourth-order valence-corrected chi connectivity index (χ4v) is 7.43. The highest BCUT2D eigenvalue weighted by atomic mass is 35.5. The highest BCUT2D eigenvalue weighted by molar-refractivity contribution is 5.90. The minimum atomic E-state index is -0.179. The zero-order valence-corrected chi connectivity index (χ0v) is 31.3. The number of rotatable bonds is 11. The number of ether oxygens (including phenoxy) is 2. The molecule has 2 saturated heterocycles. The van der Waals surface area contributed by atoms with Crippen molar-refractivity contribution in [1.29, 1.82) is 0 Å². The van der Waals surface area contributed by atoms with Crippen LogP contribution in [0, 0.1) is 0 Å². The molecule has 2 amide bonds. The Hall–Kier alpha value is -3.48. The van der Waals surface area contributed by atoms with Crippen molar-refractivity contribution < 1.29 is 14.3 Å². The number of carbonyl (C=O) groups excluding carboxylic acids is 1. The molecule has 3 heterocycles. The number of methoxy groups -OCH3 is 2. The number of carbonyl (C=O) groups is 1. The second-order valence-electron chi connectivity index (χ2n) is 13.3. The van der Waals surface area contributed by atoms with Gasteiger partial charge in [0.1, 0.15) is 5.82 Å². The third-order valence-corrected chi connectivity index (χ3v) is 9.97. The summed E-state index contributed by atoms with van der Waals surface area (Å²) in [6.07, 6.45) is 2.98. The maximum absolute atomic E-state index is 13.2. The third-order valence-electron chi connectivity index (χ3n) is 9.97. The SMILES string of the molecule is COCCN1C[C@@H](N)[C@H](c2ccccc2)C1.COCCN1C[C@@H](NC(=O)Nc2c3c(nn2-c2ccccc2)CCC3)[C@H](c2ccccc2)C1.Cl.Cl. The molecular formula is C39H53Cl2N7O3. The Bertz CT molecular complexity index is 1610. The molecule has 12 heteroatoms. The number of aromatic nitrogens is 2. The average Bonchev–Trinajstić information content (AvgIpc) is 3.92. The number of hydrogen-bond acceptors (Lipinski definition) is 7. The second kappa shape index (κ2) is 19.9. The summed E-state index contributed by atoms with van der Waals surface area (Å²) < 4.78 is 12.2. The summed E-state index contributed by atoms with van der Waals surface area (Å²) in [6, 6.07) is 31.1. The van der Waals surface area contributed by atoms with Gasteiger partial charge in [0.25, 0.3) is 0 Å². The molecule has 0 spiro atoms. The first kappa shape index (κ1) is 40.3. The molecule has 276 valence electrons. The van der Waals surface area contributed by atoms with Gasteiger partial charge in [0.05, 0.1) is 30.6 Å². The molecule has 2 fully saturated rings. The summed E-state index contributed by atoms with van der Waals surface area (Å²) in [6.45, 7) is 7.03. The number of halogens is 2. The van der Waals surface area contributed by atoms with Crippen molar-refractivity contribution in [3.8, 4) is 5.69 Å². The van der Waals surface area contributed by atoms with Gasteiger partial charge < -0.3 is 20.5 Å². The van der Waals surface area contributed by atoms with Gasteiger partial charge in [-0.15, -0.1) is 24.8 Å². The number of nitrogens with one attached hydrogen (secondary N) is 2. The number of nitrogens with two attached hydrogens (primary N) is 1. The molecule has 1 aromatic heterocycles. The van der Waals surface area contributed by atoms with Crippen LogP contribution in [0.3, 0.4) is 0 Å². The molecule has 0 unspecified atom stereocenters. The van der Waals surface area contributed by atoms with Gasteiger partial charge in [-0.05, 0) is 42.5 Å². The number of fused-ring (bicyclic) bond motifs is 1. The third kappa shape index (κ3) is 10.3. The Morgan fingerprint density at radius 3 is 1.92 bits per heavy atom. The number of benzene rings is 3. The Kier molecular flexibility index (Phi) is 15.8. The Morgan fingerprint density at radius 2 is 1.31 bits per heavy atom. The molecule has 1 aliphatic carbocycles. The van der Waals surface area contributed by atoms with E-state index in [0.717, 1.165) is 87.9 Å². The van der Waals surface area contributed by atoms with Crippen molar-refractivity contribution in [1.82, 2.24) is 24.9 Å². The van der Waals surface area contributed by atoms with E-state index >= 15 is 0 Å². The van der Waals surface area contributed by atoms with Gasteiger partial charge in [0, 0.05) is 76.9 Å². The molecular weight excluding hydrogens is 685 g/mol. The van der Waals surface area contributed by atoms with Crippen molar-refractivity contribution in [2.75, 3.05) is 72.0 Å². The molecule has 10 nitrogen and oxygen atoms in total. The van der Waals surface area contributed by atoms with Crippen LogP contribution in [0.4, 0.5) is 10.6 Å². The lowest BCUT2D eigenvalue weighted by atomic mass is 9.94. The van der Waals surface area contributed by atoms with Crippen LogP contribution < -0.4 is 16.4 Å². The van der Waals surface area contributed by atoms with Gasteiger partial charge in [0.15, 0.2) is 0 Å². The van der Waals surface area contributed by atoms with E-state index in [1.165, 1.54) is 11.1 Å². The summed E-state index contributed by atoms with van der Waals surface area (Å²) in [5.74, 6) is 1.49. The number of likely N-dealkylation sites (tertiary alicyclic amines) is 2. The van der Waals surface area contributed by atoms with E-state index in [9.17, 15) is 4.79 Å². The fraction of sp³-hybridized carbons (Fsp3) is 0.436. The quantitative estimate of drug-likeness (QED) is 0.187. The zero-order valence-electron chi connectivity index (χ0n) is 29.7. The standard InChI is InChI=1S/C26H31N5O2.C13H20N2O.2ClH/c1-33-16-15-30-17-22(19-9-4-2-5-10-19)24(18-30)27-26(32)28-25-21-13-8-14-23(21)29-31(25)20-11-6-3-7-12-20;1-16-8-7-15-9-12(13(14)10-15)11-5-3-2-4-6-11;;/h2-7,9-12,22,24H,8,13-18H2,1H3,(H2,27,28,32);2-6,12-13H,7-10,14H2,1H3;2*1H/t22-,24+;12-,13+;;/m00../s1. The number of amides is 2. The number of para-hydroxylation sites is 1. The Balaban J connectivity index is 0.000000274. The van der Waals surface area contributed by atoms with E-state index in [4.69, 9.17) is 20.3 Å². The maximum atomic E-state index is 13.2. The monoisotopic (exact) mass is 737 g/mol. The van der Waals surface area contributed by atoms with Crippen molar-refractivity contribution >= 4 is 36.7 Å². The van der Waals surface area contributed by atoms with Crippen molar-refractivity contribution in [2.24, 2.45) is 5.73 Å². The van der Waals surface area contributed by atoms with Crippen molar-refractivity contribution in [3.63, 3.8) is 0 Å². The van der Waals surface area contributed by atoms with E-state index in [2.05, 4.69) is 69.0 Å². The molecule has 0 saturated carbocycles. The highest BCUT2D eigenvalue weighted by Crippen LogP contribution is 2.32. The summed E-state index contributed by atoms with van der Waals surface area (Å²) in [7, 11) is 3.47. The lowest BCUT2D eigenvalue weighted by Crippen LogP contribution is -2.42. The molecule has 4 N–H and O–H groups in total. The highest BCUT2D eigenvalue weighted by Gasteiger charge is 2.35. The number of hydrogen-bond donors (Lipinski definition) is 3. The first-order chi connectivity index (χ1) is 24.0.